The number of esters is 2. The van der Waals surface area contributed by atoms with Gasteiger partial charge in [-0.2, -0.15) is 0 Å². The van der Waals surface area contributed by atoms with Crippen LogP contribution in [-0.2, 0) is 19.1 Å². The second kappa shape index (κ2) is 19.0. The lowest BCUT2D eigenvalue weighted by atomic mass is 10.1. The molecule has 1 rings (SSSR count). The Bertz CT molecular complexity index is 628. The van der Waals surface area contributed by atoms with Crippen LogP contribution in [0.15, 0.2) is 46.2 Å². The van der Waals surface area contributed by atoms with Gasteiger partial charge in [-0.3, -0.25) is 0 Å². The minimum Gasteiger partial charge on any atom is -0.462 e. The summed E-state index contributed by atoms with van der Waals surface area (Å²) in [6.45, 7) is 5.15. The van der Waals surface area contributed by atoms with Crippen LogP contribution in [-0.4, -0.2) is 25.2 Å². The van der Waals surface area contributed by atoms with Crippen molar-refractivity contribution < 1.29 is 19.1 Å². The maximum Gasteiger partial charge on any atom is 0.345 e. The number of carbonyl (C=O) groups excluding carboxylic acids is 2. The molecule has 0 aromatic heterocycles. The molecule has 0 amide bonds. The Kier molecular flexibility index (Phi) is 16.7. The summed E-state index contributed by atoms with van der Waals surface area (Å²) < 4.78 is 10.7. The number of thioether (sulfide) groups is 1. The van der Waals surface area contributed by atoms with E-state index in [0.29, 0.717) is 13.2 Å². The zero-order valence-electron chi connectivity index (χ0n) is 19.4. The molecule has 0 radical (unpaired) electrons. The smallest absolute Gasteiger partial charge is 0.345 e. The van der Waals surface area contributed by atoms with Gasteiger partial charge in [-0.1, -0.05) is 108 Å². The lowest BCUT2D eigenvalue weighted by Gasteiger charge is -2.09. The number of benzene rings is 1. The number of hydrogen-bond donors (Lipinski definition) is 0. The van der Waals surface area contributed by atoms with E-state index in [0.717, 1.165) is 37.0 Å². The van der Waals surface area contributed by atoms with Crippen LogP contribution in [0.5, 0.6) is 0 Å². The van der Waals surface area contributed by atoms with E-state index >= 15 is 0 Å². The lowest BCUT2D eigenvalue weighted by molar-refractivity contribution is -0.140. The van der Waals surface area contributed by atoms with Crippen molar-refractivity contribution in [1.29, 1.82) is 0 Å². The van der Waals surface area contributed by atoms with Crippen LogP contribution >= 0.6 is 11.8 Å². The minimum absolute atomic E-state index is 0.269. The molecule has 0 aliphatic heterocycles. The monoisotopic (exact) mass is 448 g/mol. The highest BCUT2D eigenvalue weighted by molar-refractivity contribution is 8.04. The predicted octanol–water partition coefficient (Wildman–Crippen LogP) is 7.47. The van der Waals surface area contributed by atoms with Gasteiger partial charge in [-0.15, -0.1) is 0 Å². The highest BCUT2D eigenvalue weighted by Gasteiger charge is 2.16. The molecule has 0 aliphatic rings. The maximum atomic E-state index is 12.6. The zero-order valence-corrected chi connectivity index (χ0v) is 20.2. The van der Waals surface area contributed by atoms with E-state index in [9.17, 15) is 9.59 Å². The zero-order chi connectivity index (χ0) is 22.6. The molecule has 0 fully saturated rings. The first-order chi connectivity index (χ1) is 15.2. The average Bonchev–Trinajstić information content (AvgIpc) is 2.78. The first-order valence-corrected chi connectivity index (χ1v) is 12.8. The van der Waals surface area contributed by atoms with Crippen molar-refractivity contribution in [3.05, 3.63) is 41.3 Å². The van der Waals surface area contributed by atoms with Gasteiger partial charge in [-0.25, -0.2) is 9.59 Å². The molecule has 1 aromatic carbocycles. The van der Waals surface area contributed by atoms with E-state index in [4.69, 9.17) is 9.47 Å². The largest absolute Gasteiger partial charge is 0.462 e. The van der Waals surface area contributed by atoms with Gasteiger partial charge in [0.1, 0.15) is 4.91 Å². The van der Waals surface area contributed by atoms with Gasteiger partial charge in [-0.05, 0) is 25.0 Å². The van der Waals surface area contributed by atoms with Crippen molar-refractivity contribution in [2.75, 3.05) is 13.2 Å². The van der Waals surface area contributed by atoms with Gasteiger partial charge >= 0.3 is 11.9 Å². The third-order valence-electron chi connectivity index (χ3n) is 4.89. The van der Waals surface area contributed by atoms with E-state index < -0.39 is 11.9 Å². The Morgan fingerprint density at radius 2 is 1.26 bits per heavy atom. The number of hydrogen-bond acceptors (Lipinski definition) is 5. The highest BCUT2D eigenvalue weighted by Crippen LogP contribution is 2.27. The Hall–Kier alpha value is -1.75. The predicted molar refractivity (Wildman–Crippen MR) is 129 cm³/mol. The summed E-state index contributed by atoms with van der Waals surface area (Å²) in [5.41, 5.74) is 0. The topological polar surface area (TPSA) is 52.6 Å². The van der Waals surface area contributed by atoms with E-state index in [-0.39, 0.29) is 4.91 Å². The van der Waals surface area contributed by atoms with Gasteiger partial charge in [0.25, 0.3) is 0 Å². The maximum absolute atomic E-state index is 12.6. The molecule has 4 nitrogen and oxygen atoms in total. The summed E-state index contributed by atoms with van der Waals surface area (Å²) in [6, 6.07) is 9.53. The van der Waals surface area contributed by atoms with Crippen LogP contribution in [0.4, 0.5) is 0 Å². The van der Waals surface area contributed by atoms with Gasteiger partial charge in [0.15, 0.2) is 0 Å². The van der Waals surface area contributed by atoms with Gasteiger partial charge in [0.2, 0.25) is 0 Å². The second-order valence-electron chi connectivity index (χ2n) is 7.76. The molecule has 0 atom stereocenters. The summed E-state index contributed by atoms with van der Waals surface area (Å²) in [7, 11) is 0. The normalized spacial score (nSPS) is 11.4. The molecule has 0 aliphatic carbocycles. The summed E-state index contributed by atoms with van der Waals surface area (Å²) in [5.74, 6) is -0.942. The van der Waals surface area contributed by atoms with Crippen LogP contribution < -0.4 is 0 Å². The van der Waals surface area contributed by atoms with Crippen molar-refractivity contribution >= 4 is 23.7 Å². The molecule has 0 bridgehead atoms. The van der Waals surface area contributed by atoms with Crippen LogP contribution in [0.3, 0.4) is 0 Å². The molecule has 0 unspecified atom stereocenters. The SMILES string of the molecule is CCCCCCCCOC(=O)C=C(Sc1ccccc1)C(=O)OCCCCCCCC. The molecular weight excluding hydrogens is 408 g/mol. The Balaban J connectivity index is 2.48. The van der Waals surface area contributed by atoms with E-state index in [1.165, 1.54) is 62.8 Å². The van der Waals surface area contributed by atoms with Crippen LogP contribution in [0.1, 0.15) is 90.9 Å². The molecule has 31 heavy (non-hydrogen) atoms. The van der Waals surface area contributed by atoms with Crippen LogP contribution in [0.2, 0.25) is 0 Å². The number of rotatable bonds is 18. The third kappa shape index (κ3) is 14.8. The summed E-state index contributed by atoms with van der Waals surface area (Å²) in [4.78, 5) is 26.0. The molecule has 1 aromatic rings. The standard InChI is InChI=1S/C26H40O4S/c1-3-5-7-9-11-16-20-29-25(27)22-24(31-23-18-14-13-15-19-23)26(28)30-21-17-12-10-8-6-4-2/h13-15,18-19,22H,3-12,16-17,20-21H2,1-2H3. The van der Waals surface area contributed by atoms with Crippen molar-refractivity contribution in [3.63, 3.8) is 0 Å². The van der Waals surface area contributed by atoms with E-state index in [1.807, 2.05) is 30.3 Å². The van der Waals surface area contributed by atoms with E-state index in [2.05, 4.69) is 13.8 Å². The summed E-state index contributed by atoms with van der Waals surface area (Å²) in [5, 5.41) is 0. The van der Waals surface area contributed by atoms with Crippen molar-refractivity contribution in [2.24, 2.45) is 0 Å². The van der Waals surface area contributed by atoms with Crippen molar-refractivity contribution in [1.82, 2.24) is 0 Å². The van der Waals surface area contributed by atoms with Gasteiger partial charge in [0, 0.05) is 11.0 Å². The Morgan fingerprint density at radius 1 is 0.742 bits per heavy atom. The second-order valence-corrected chi connectivity index (χ2v) is 8.88. The summed E-state index contributed by atoms with van der Waals surface area (Å²) >= 11 is 1.24. The fraction of sp³-hybridized carbons (Fsp3) is 0.615. The molecule has 0 saturated heterocycles. The molecule has 174 valence electrons. The van der Waals surface area contributed by atoms with Crippen LogP contribution in [0, 0.1) is 0 Å². The Morgan fingerprint density at radius 3 is 1.84 bits per heavy atom. The van der Waals surface area contributed by atoms with Gasteiger partial charge in [0.05, 0.1) is 13.2 Å². The molecule has 0 spiro atoms. The van der Waals surface area contributed by atoms with Crippen molar-refractivity contribution in [3.8, 4) is 0 Å². The Labute approximate surface area is 193 Å². The molecule has 0 heterocycles. The highest BCUT2D eigenvalue weighted by atomic mass is 32.2. The molecule has 5 heteroatoms. The number of unbranched alkanes of at least 4 members (excludes halogenated alkanes) is 10. The molecule has 0 N–H and O–H groups in total. The molecular formula is C26H40O4S. The van der Waals surface area contributed by atoms with Crippen molar-refractivity contribution in [2.45, 2.75) is 95.8 Å². The quantitative estimate of drug-likeness (QED) is 0.101. The summed E-state index contributed by atoms with van der Waals surface area (Å²) in [6.07, 6.45) is 14.8. The average molecular weight is 449 g/mol. The van der Waals surface area contributed by atoms with Crippen LogP contribution in [0.25, 0.3) is 0 Å². The molecule has 0 saturated carbocycles. The number of carbonyl (C=O) groups is 2. The first-order valence-electron chi connectivity index (χ1n) is 12.0. The number of ether oxygens (including phenoxy) is 2. The lowest BCUT2D eigenvalue weighted by Crippen LogP contribution is -2.10. The fourth-order valence-corrected chi connectivity index (χ4v) is 3.91. The minimum atomic E-state index is -0.483. The fourth-order valence-electron chi connectivity index (χ4n) is 3.07. The third-order valence-corrected chi connectivity index (χ3v) is 5.91. The van der Waals surface area contributed by atoms with E-state index in [1.54, 1.807) is 0 Å². The van der Waals surface area contributed by atoms with Gasteiger partial charge < -0.3 is 9.47 Å². The first kappa shape index (κ1) is 27.3.